The highest BCUT2D eigenvalue weighted by Crippen LogP contribution is 2.22. The number of aromatic nitrogens is 4. The Kier molecular flexibility index (Phi) is 6.53. The Hall–Kier alpha value is -4.39. The number of rotatable bonds is 7. The summed E-state index contributed by atoms with van der Waals surface area (Å²) in [7, 11) is 1.77. The summed E-state index contributed by atoms with van der Waals surface area (Å²) in [6.45, 7) is 6.98. The molecule has 0 spiro atoms. The van der Waals surface area contributed by atoms with Crippen LogP contribution in [0.1, 0.15) is 33.4 Å². The van der Waals surface area contributed by atoms with Crippen LogP contribution >= 0.6 is 0 Å². The number of ether oxygens (including phenoxy) is 1. The summed E-state index contributed by atoms with van der Waals surface area (Å²) in [6, 6.07) is 21.9. The van der Waals surface area contributed by atoms with Crippen LogP contribution in [0.4, 0.5) is 0 Å². The summed E-state index contributed by atoms with van der Waals surface area (Å²) in [4.78, 5) is 31.5. The molecule has 37 heavy (non-hydrogen) atoms. The summed E-state index contributed by atoms with van der Waals surface area (Å²) in [6.07, 6.45) is 1.58. The van der Waals surface area contributed by atoms with Crippen molar-refractivity contribution in [3.63, 3.8) is 0 Å². The minimum Gasteiger partial charge on any atom is -0.489 e. The maximum absolute atomic E-state index is 13.7. The third-order valence-corrected chi connectivity index (χ3v) is 6.83. The molecule has 0 fully saturated rings. The highest BCUT2D eigenvalue weighted by molar-refractivity contribution is 5.70. The summed E-state index contributed by atoms with van der Waals surface area (Å²) >= 11 is 0. The second-order valence-corrected chi connectivity index (χ2v) is 9.58. The highest BCUT2D eigenvalue weighted by Gasteiger charge is 2.18. The van der Waals surface area contributed by atoms with Crippen LogP contribution in [-0.4, -0.2) is 18.7 Å². The summed E-state index contributed by atoms with van der Waals surface area (Å²) in [5.74, 6) is 0.759. The van der Waals surface area contributed by atoms with Crippen molar-refractivity contribution in [2.24, 2.45) is 7.05 Å². The first-order valence-corrected chi connectivity index (χ1v) is 12.3. The average molecular weight is 495 g/mol. The van der Waals surface area contributed by atoms with Gasteiger partial charge in [0, 0.05) is 7.05 Å². The zero-order valence-corrected chi connectivity index (χ0v) is 21.6. The lowest BCUT2D eigenvalue weighted by Gasteiger charge is -2.15. The SMILES string of the molecule is Cc1ccc(Cn2c(=O)c3c(ncn3C)n(Cc3ccc(C)c(OCc4ccccc4)c3)c2=O)cc1C. The van der Waals surface area contributed by atoms with E-state index in [0.717, 1.165) is 33.6 Å². The van der Waals surface area contributed by atoms with Gasteiger partial charge in [0.15, 0.2) is 11.2 Å². The number of hydrogen-bond donors (Lipinski definition) is 0. The second-order valence-electron chi connectivity index (χ2n) is 9.58. The zero-order chi connectivity index (χ0) is 26.1. The van der Waals surface area contributed by atoms with Gasteiger partial charge in [-0.05, 0) is 60.2 Å². The Labute approximate surface area is 215 Å². The van der Waals surface area contributed by atoms with Crippen LogP contribution in [-0.2, 0) is 26.7 Å². The molecule has 7 nitrogen and oxygen atoms in total. The third-order valence-electron chi connectivity index (χ3n) is 6.83. The van der Waals surface area contributed by atoms with E-state index in [1.807, 2.05) is 87.5 Å². The molecule has 3 aromatic carbocycles. The monoisotopic (exact) mass is 494 g/mol. The van der Waals surface area contributed by atoms with E-state index in [2.05, 4.69) is 4.98 Å². The van der Waals surface area contributed by atoms with Crippen molar-refractivity contribution in [1.29, 1.82) is 0 Å². The first kappa shape index (κ1) is 24.3. The van der Waals surface area contributed by atoms with Crippen molar-refractivity contribution in [2.45, 2.75) is 40.5 Å². The molecule has 0 atom stereocenters. The maximum atomic E-state index is 13.7. The normalized spacial score (nSPS) is 11.2. The van der Waals surface area contributed by atoms with Crippen molar-refractivity contribution < 1.29 is 4.74 Å². The minimum atomic E-state index is -0.387. The molecule has 5 rings (SSSR count). The molecule has 0 saturated heterocycles. The lowest BCUT2D eigenvalue weighted by molar-refractivity contribution is 0.303. The Morgan fingerprint density at radius 1 is 0.757 bits per heavy atom. The summed E-state index contributed by atoms with van der Waals surface area (Å²) < 4.78 is 10.7. The fraction of sp³-hybridized carbons (Fsp3) is 0.233. The number of aryl methyl sites for hydroxylation is 4. The van der Waals surface area contributed by atoms with Gasteiger partial charge >= 0.3 is 5.69 Å². The maximum Gasteiger partial charge on any atom is 0.333 e. The van der Waals surface area contributed by atoms with Crippen molar-refractivity contribution in [2.75, 3.05) is 0 Å². The topological polar surface area (TPSA) is 71.1 Å². The van der Waals surface area contributed by atoms with E-state index < -0.39 is 0 Å². The van der Waals surface area contributed by atoms with Gasteiger partial charge < -0.3 is 9.30 Å². The van der Waals surface area contributed by atoms with Crippen molar-refractivity contribution in [3.05, 3.63) is 127 Å². The summed E-state index contributed by atoms with van der Waals surface area (Å²) in [5.41, 5.74) is 6.22. The number of hydrogen-bond acceptors (Lipinski definition) is 4. The molecule has 0 aliphatic heterocycles. The van der Waals surface area contributed by atoms with E-state index in [1.54, 1.807) is 22.5 Å². The van der Waals surface area contributed by atoms with Gasteiger partial charge in [0.05, 0.1) is 19.4 Å². The van der Waals surface area contributed by atoms with E-state index in [0.29, 0.717) is 17.8 Å². The van der Waals surface area contributed by atoms with Gasteiger partial charge in [-0.25, -0.2) is 9.78 Å². The van der Waals surface area contributed by atoms with Gasteiger partial charge in [-0.15, -0.1) is 0 Å². The van der Waals surface area contributed by atoms with Crippen LogP contribution < -0.4 is 16.0 Å². The lowest BCUT2D eigenvalue weighted by Crippen LogP contribution is -2.41. The number of fused-ring (bicyclic) bond motifs is 1. The largest absolute Gasteiger partial charge is 0.489 e. The number of imidazole rings is 1. The van der Waals surface area contributed by atoms with Gasteiger partial charge in [0.1, 0.15) is 12.4 Å². The predicted molar refractivity (Wildman–Crippen MR) is 145 cm³/mol. The van der Waals surface area contributed by atoms with Crippen LogP contribution in [0.25, 0.3) is 11.2 Å². The van der Waals surface area contributed by atoms with Crippen LogP contribution in [0, 0.1) is 20.8 Å². The van der Waals surface area contributed by atoms with E-state index >= 15 is 0 Å². The molecular weight excluding hydrogens is 464 g/mol. The van der Waals surface area contributed by atoms with Gasteiger partial charge in [-0.1, -0.05) is 60.7 Å². The van der Waals surface area contributed by atoms with E-state index in [4.69, 9.17) is 4.74 Å². The molecule has 0 N–H and O–H groups in total. The Bertz CT molecular complexity index is 1710. The Balaban J connectivity index is 1.53. The Morgan fingerprint density at radius 2 is 1.43 bits per heavy atom. The van der Waals surface area contributed by atoms with E-state index in [1.165, 1.54) is 10.1 Å². The van der Waals surface area contributed by atoms with Crippen molar-refractivity contribution in [1.82, 2.24) is 18.7 Å². The van der Waals surface area contributed by atoms with Crippen LogP contribution in [0.5, 0.6) is 5.75 Å². The van der Waals surface area contributed by atoms with E-state index in [9.17, 15) is 9.59 Å². The quantitative estimate of drug-likeness (QED) is 0.334. The summed E-state index contributed by atoms with van der Waals surface area (Å²) in [5, 5.41) is 0. The fourth-order valence-electron chi connectivity index (χ4n) is 4.50. The van der Waals surface area contributed by atoms with Crippen molar-refractivity contribution in [3.8, 4) is 5.75 Å². The molecule has 7 heteroatoms. The van der Waals surface area contributed by atoms with Crippen molar-refractivity contribution >= 4 is 11.2 Å². The molecule has 0 bridgehead atoms. The van der Waals surface area contributed by atoms with Gasteiger partial charge in [-0.3, -0.25) is 13.9 Å². The minimum absolute atomic E-state index is 0.194. The molecule has 0 radical (unpaired) electrons. The zero-order valence-electron chi connectivity index (χ0n) is 21.6. The molecule has 0 aliphatic rings. The van der Waals surface area contributed by atoms with Gasteiger partial charge in [-0.2, -0.15) is 0 Å². The average Bonchev–Trinajstić information content (AvgIpc) is 3.28. The number of benzene rings is 3. The first-order valence-electron chi connectivity index (χ1n) is 12.3. The van der Waals surface area contributed by atoms with Crippen LogP contribution in [0.15, 0.2) is 82.6 Å². The molecule has 2 heterocycles. The third kappa shape index (κ3) is 4.85. The fourth-order valence-corrected chi connectivity index (χ4v) is 4.50. The predicted octanol–water partition coefficient (Wildman–Crippen LogP) is 4.50. The van der Waals surface area contributed by atoms with Gasteiger partial charge in [0.25, 0.3) is 5.56 Å². The first-order chi connectivity index (χ1) is 17.8. The highest BCUT2D eigenvalue weighted by atomic mass is 16.5. The molecule has 5 aromatic rings. The Morgan fingerprint density at radius 3 is 2.16 bits per heavy atom. The molecule has 0 saturated carbocycles. The van der Waals surface area contributed by atoms with Crippen LogP contribution in [0.3, 0.4) is 0 Å². The smallest absolute Gasteiger partial charge is 0.333 e. The lowest BCUT2D eigenvalue weighted by atomic mass is 10.1. The van der Waals surface area contributed by atoms with Crippen LogP contribution in [0.2, 0.25) is 0 Å². The molecule has 0 aliphatic carbocycles. The second kappa shape index (κ2) is 9.93. The number of nitrogens with zero attached hydrogens (tertiary/aromatic N) is 4. The van der Waals surface area contributed by atoms with Gasteiger partial charge in [0.2, 0.25) is 0 Å². The molecular formula is C30H30N4O3. The molecule has 2 aromatic heterocycles. The molecule has 0 unspecified atom stereocenters. The molecule has 188 valence electrons. The standard InChI is InChI=1S/C30H30N4O3/c1-20-10-12-24(14-22(20)3)17-34-29(35)27-28(31-19-32(27)4)33(30(34)36)16-25-13-11-21(2)26(15-25)37-18-23-8-6-5-7-9-23/h5-15,19H,16-18H2,1-4H3. The molecule has 0 amide bonds. The van der Waals surface area contributed by atoms with E-state index in [-0.39, 0.29) is 24.3 Å².